The van der Waals surface area contributed by atoms with E-state index < -0.39 is 28.6 Å². The number of nitrogens with two attached hydrogens (primary N) is 2. The van der Waals surface area contributed by atoms with Crippen molar-refractivity contribution in [3.63, 3.8) is 0 Å². The minimum Gasteiger partial charge on any atom is -0.497 e. The molecular weight excluding hydrogens is 1250 g/mol. The molecule has 0 aliphatic heterocycles. The molecule has 0 aliphatic carbocycles. The van der Waals surface area contributed by atoms with E-state index in [0.29, 0.717) is 67.9 Å². The predicted octanol–water partition coefficient (Wildman–Crippen LogP) is 12.5. The largest absolute Gasteiger partial charge is 0.643 e. The van der Waals surface area contributed by atoms with Gasteiger partial charge in [0.15, 0.2) is 11.6 Å². The van der Waals surface area contributed by atoms with Crippen LogP contribution in [0, 0.1) is 0 Å². The first-order valence-corrected chi connectivity index (χ1v) is 30.3. The summed E-state index contributed by atoms with van der Waals surface area (Å²) in [5.41, 5.74) is 15.9. The highest BCUT2D eigenvalue weighted by atomic mass is 35.8. The maximum absolute atomic E-state index is 12.7. The molecule has 0 aromatic heterocycles. The molecule has 7 aromatic carbocycles. The standard InChI is InChI=1S/C17H17NO4.C15H15NO3.C9H11NO2.C8H7ClO2.C7H9NO.C4H6O5.Al.4ClH/c1-11(19)18-16-10-14(22-3)7-8-15(16)17(20)12-5-4-6-13(9-12)21-2;1-18-11-5-3-4-10(8-11)15(17)13-7-6-12(19-2)9-14(13)16;1-7(11)10-8-4-3-5-9(6-8)12-2;1-11-7-4-2-3-6(5-7)8(9)10;1-9-7-4-2-3-6(8)5-7;1-3(5)7-9-8-4(2)6;;;;;/h4-10H,1-3H3,(H,18,19);3-9H,16H2,1-2H3;3-6H,1-2H3,(H,10,11);2-5H,1H3;2-5H,8H2,1H3;1-2H3;;4*1H/q;;;;;;+3;;;;/p-3. The first-order valence-electron chi connectivity index (χ1n) is 24.7. The third kappa shape index (κ3) is 33.2. The van der Waals surface area contributed by atoms with E-state index in [0.717, 1.165) is 36.7 Å². The molecule has 0 unspecified atom stereocenters. The topological polar surface area (TPSA) is 288 Å². The fourth-order valence-corrected chi connectivity index (χ4v) is 6.38. The van der Waals surface area contributed by atoms with Crippen LogP contribution in [0.25, 0.3) is 0 Å². The van der Waals surface area contributed by atoms with Crippen LogP contribution in [0.1, 0.15) is 69.9 Å². The van der Waals surface area contributed by atoms with E-state index in [-0.39, 0.29) is 35.8 Å². The van der Waals surface area contributed by atoms with Crippen LogP contribution >= 0.6 is 54.2 Å². The first kappa shape index (κ1) is 78.6. The Hall–Kier alpha value is -8.43. The van der Waals surface area contributed by atoms with Crippen molar-refractivity contribution in [3.05, 3.63) is 186 Å². The average Bonchev–Trinajstić information content (AvgIpc) is 2.49. The fraction of sp³-hybridized carbons (Fsp3) is 0.183. The van der Waals surface area contributed by atoms with Gasteiger partial charge in [-0.1, -0.05) is 42.5 Å². The highest BCUT2D eigenvalue weighted by Gasteiger charge is 2.17. The summed E-state index contributed by atoms with van der Waals surface area (Å²) in [4.78, 5) is 85.0. The predicted molar refractivity (Wildman–Crippen MR) is 341 cm³/mol. The molecule has 2 amide bonds. The van der Waals surface area contributed by atoms with Crippen molar-refractivity contribution in [2.45, 2.75) is 27.7 Å². The Bertz CT molecular complexity index is 3290. The van der Waals surface area contributed by atoms with Crippen LogP contribution in [0.4, 0.5) is 22.7 Å². The highest BCUT2D eigenvalue weighted by molar-refractivity contribution is 7.54. The van der Waals surface area contributed by atoms with Crippen molar-refractivity contribution in [2.75, 3.05) is 71.9 Å². The molecule has 0 fully saturated rings. The molecular formula is C60H66AlCl5N4O17. The lowest BCUT2D eigenvalue weighted by molar-refractivity contribution is -0.458. The van der Waals surface area contributed by atoms with Gasteiger partial charge in [0, 0.05) is 102 Å². The Balaban J connectivity index is 0.00000104. The Kier molecular flexibility index (Phi) is 39.8. The second-order valence-corrected chi connectivity index (χ2v) is 23.1. The van der Waals surface area contributed by atoms with Crippen LogP contribution in [-0.2, 0) is 34.0 Å². The number of carbonyl (C=O) groups is 7. The zero-order valence-corrected chi connectivity index (χ0v) is 54.1. The molecule has 7 rings (SSSR count). The van der Waals surface area contributed by atoms with E-state index >= 15 is 0 Å². The van der Waals surface area contributed by atoms with Gasteiger partial charge in [-0.05, 0) is 103 Å². The van der Waals surface area contributed by atoms with Crippen LogP contribution in [0.2, 0.25) is 0 Å². The molecule has 6 N–H and O–H groups in total. The van der Waals surface area contributed by atoms with Crippen molar-refractivity contribution >= 4 is 129 Å². The zero-order valence-electron chi connectivity index (χ0n) is 49.1. The van der Waals surface area contributed by atoms with Gasteiger partial charge in [0.2, 0.25) is 11.8 Å². The summed E-state index contributed by atoms with van der Waals surface area (Å²) in [6, 6.07) is 45.0. The Morgan fingerprint density at radius 3 is 1.14 bits per heavy atom. The molecule has 21 nitrogen and oxygen atoms in total. The summed E-state index contributed by atoms with van der Waals surface area (Å²) >= 11 is 3.52. The number of nitrogens with one attached hydrogen (secondary N) is 2. The number of benzene rings is 7. The third-order valence-corrected chi connectivity index (χ3v) is 10.3. The van der Waals surface area contributed by atoms with Gasteiger partial charge >= 0.3 is 23.3 Å². The summed E-state index contributed by atoms with van der Waals surface area (Å²) in [6.45, 7) is 5.09. The quantitative estimate of drug-likeness (QED) is 0.0175. The number of hydrogen-bond donors (Lipinski definition) is 4. The van der Waals surface area contributed by atoms with Gasteiger partial charge in [-0.15, -0.1) is 12.4 Å². The van der Waals surface area contributed by atoms with E-state index in [2.05, 4.69) is 25.4 Å². The van der Waals surface area contributed by atoms with Gasteiger partial charge in [0.1, 0.15) is 40.2 Å². The zero-order chi connectivity index (χ0) is 64.7. The Morgan fingerprint density at radius 2 is 0.759 bits per heavy atom. The summed E-state index contributed by atoms with van der Waals surface area (Å²) in [5.74, 6) is 2.55. The van der Waals surface area contributed by atoms with Crippen LogP contribution in [0.3, 0.4) is 0 Å². The minimum atomic E-state index is -1.72. The molecule has 87 heavy (non-hydrogen) atoms. The molecule has 0 aliphatic rings. The third-order valence-electron chi connectivity index (χ3n) is 10.0. The van der Waals surface area contributed by atoms with Crippen LogP contribution in [-0.4, -0.2) is 102 Å². The van der Waals surface area contributed by atoms with Gasteiger partial charge in [-0.3, -0.25) is 33.7 Å². The second kappa shape index (κ2) is 44.1. The fourth-order valence-electron chi connectivity index (χ4n) is 6.26. The number of rotatable bonds is 16. The Morgan fingerprint density at radius 1 is 0.414 bits per heavy atom. The van der Waals surface area contributed by atoms with Crippen molar-refractivity contribution in [1.82, 2.24) is 0 Å². The number of anilines is 4. The van der Waals surface area contributed by atoms with Gasteiger partial charge in [-0.25, -0.2) is 39.7 Å². The van der Waals surface area contributed by atoms with Crippen molar-refractivity contribution in [1.29, 1.82) is 0 Å². The van der Waals surface area contributed by atoms with E-state index in [1.807, 2.05) is 36.4 Å². The molecule has 0 saturated carbocycles. The van der Waals surface area contributed by atoms with E-state index in [1.54, 1.807) is 157 Å². The van der Waals surface area contributed by atoms with Crippen molar-refractivity contribution in [2.24, 2.45) is 0 Å². The van der Waals surface area contributed by atoms with Gasteiger partial charge < -0.3 is 55.3 Å². The lowest BCUT2D eigenvalue weighted by Crippen LogP contribution is -2.12. The monoisotopic (exact) mass is 1320 g/mol. The molecule has 0 saturated heterocycles. The maximum Gasteiger partial charge on any atom is 0.643 e. The number of methoxy groups -OCH3 is 7. The molecule has 0 bridgehead atoms. The molecule has 466 valence electrons. The lowest BCUT2D eigenvalue weighted by atomic mass is 10.0. The first-order chi connectivity index (χ1) is 40.8. The summed E-state index contributed by atoms with van der Waals surface area (Å²) < 4.78 is 35.2. The van der Waals surface area contributed by atoms with Gasteiger partial charge in [0.25, 0.3) is 5.24 Å². The average molecular weight is 1320 g/mol. The molecule has 27 heteroatoms. The van der Waals surface area contributed by atoms with E-state index in [4.69, 9.17) is 86.4 Å². The van der Waals surface area contributed by atoms with Crippen molar-refractivity contribution < 1.29 is 81.5 Å². The molecule has 0 heterocycles. The number of nitrogen functional groups attached to an aromatic ring is 2. The number of ether oxygens (including phenoxy) is 7. The molecule has 7 aromatic rings. The SMILES string of the molecule is CC(=O)OOOC(C)=O.COc1cccc(C(=O)Cl)c1.COc1cccc(C(=O)c2ccc(OC)cc2N)c1.COc1cccc(C(=O)c2ccc(OC)cc2NC(C)=O)c1.COc1cccc(N)c1.COc1cccc(NC(C)=O)c1.Cl.[Cl][Al]([Cl])[Cl]. The van der Waals surface area contributed by atoms with Gasteiger partial charge in [0.05, 0.1) is 55.5 Å². The number of amides is 2. The number of hydrogen-bond acceptors (Lipinski definition) is 19. The van der Waals surface area contributed by atoms with Crippen LogP contribution < -0.4 is 55.3 Å². The minimum absolute atomic E-state index is 0. The number of carbonyl (C=O) groups excluding carboxylic acids is 7. The number of halogens is 5. The van der Waals surface area contributed by atoms with Crippen LogP contribution in [0.15, 0.2) is 158 Å². The van der Waals surface area contributed by atoms with Crippen molar-refractivity contribution in [3.8, 4) is 40.2 Å². The highest BCUT2D eigenvalue weighted by Crippen LogP contribution is 2.27. The smallest absolute Gasteiger partial charge is 0.497 e. The Labute approximate surface area is 532 Å². The second-order valence-electron chi connectivity index (χ2n) is 16.3. The lowest BCUT2D eigenvalue weighted by Gasteiger charge is -2.11. The normalized spacial score (nSPS) is 9.23. The van der Waals surface area contributed by atoms with Gasteiger partial charge in [-0.2, -0.15) is 0 Å². The summed E-state index contributed by atoms with van der Waals surface area (Å²) in [6.07, 6.45) is 0. The van der Waals surface area contributed by atoms with E-state index in [9.17, 15) is 33.6 Å². The molecule has 0 atom stereocenters. The number of ketones is 2. The van der Waals surface area contributed by atoms with E-state index in [1.165, 1.54) is 28.1 Å². The van der Waals surface area contributed by atoms with Crippen LogP contribution in [0.5, 0.6) is 40.2 Å². The molecule has 0 spiro atoms. The summed E-state index contributed by atoms with van der Waals surface area (Å²) in [5, 5.41) is 8.51. The summed E-state index contributed by atoms with van der Waals surface area (Å²) in [7, 11) is 25.8. The molecule has 0 radical (unpaired) electrons. The maximum atomic E-state index is 12.7.